The fraction of sp³-hybridized carbons (Fsp3) is 0.0769. The number of aromatic hydroxyl groups is 10. The molecule has 6 rings (SSSR count). The van der Waals surface area contributed by atoms with Crippen LogP contribution in [0.15, 0.2) is 12.1 Å². The third-order valence-electron chi connectivity index (χ3n) is 7.76. The van der Waals surface area contributed by atoms with Crippen molar-refractivity contribution in [2.75, 3.05) is 0 Å². The molecule has 0 fully saturated rings. The lowest BCUT2D eigenvalue weighted by Gasteiger charge is -2.34. The Kier molecular flexibility index (Phi) is 4.46. The predicted octanol–water partition coefficient (Wildman–Crippen LogP) is -0.224. The first-order valence-electron chi connectivity index (χ1n) is 11.3. The summed E-state index contributed by atoms with van der Waals surface area (Å²) in [5.74, 6) is -8.78. The number of rotatable bonds is 0. The molecular weight excluding hydrogens is 505 g/mol. The van der Waals surface area contributed by atoms with E-state index in [1.165, 1.54) is 19.1 Å². The molecule has 0 saturated carbocycles. The van der Waals surface area contributed by atoms with Crippen LogP contribution in [0.5, 0.6) is 57.5 Å². The topological polar surface area (TPSA) is 202 Å². The summed E-state index contributed by atoms with van der Waals surface area (Å²) in [5.41, 5.74) is -6.21. The number of phenolic OH excluding ortho intramolecular Hbond substituents is 10. The Morgan fingerprint density at radius 3 is 1.62 bits per heavy atom. The van der Waals surface area contributed by atoms with Crippen molar-refractivity contribution in [3.63, 3.8) is 0 Å². The molecule has 0 bridgehead atoms. The molecule has 0 aromatic heterocycles. The number of phenols is 10. The highest BCUT2D eigenvalue weighted by Crippen LogP contribution is 2.71. The monoisotopic (exact) mass is 520 g/mol. The third-order valence-corrected chi connectivity index (χ3v) is 7.76. The van der Waals surface area contributed by atoms with Crippen LogP contribution in [0.2, 0.25) is 0 Å². The summed E-state index contributed by atoms with van der Waals surface area (Å²) in [6, 6.07) is 2.57. The van der Waals surface area contributed by atoms with Crippen molar-refractivity contribution in [1.29, 1.82) is 0 Å². The van der Waals surface area contributed by atoms with E-state index in [4.69, 9.17) is 23.5 Å². The van der Waals surface area contributed by atoms with E-state index in [9.17, 15) is 51.1 Å². The Morgan fingerprint density at radius 1 is 0.487 bits per heavy atom. The van der Waals surface area contributed by atoms with E-state index in [0.29, 0.717) is 0 Å². The van der Waals surface area contributed by atoms with Crippen LogP contribution in [0.1, 0.15) is 27.8 Å². The van der Waals surface area contributed by atoms with Gasteiger partial charge in [-0.1, -0.05) is 6.07 Å². The lowest BCUT2D eigenvalue weighted by Crippen LogP contribution is -2.33. The number of hydrogen-bond acceptors (Lipinski definition) is 10. The average Bonchev–Trinajstić information content (AvgIpc) is 3.37. The summed E-state index contributed by atoms with van der Waals surface area (Å²) in [4.78, 5) is 0. The zero-order valence-corrected chi connectivity index (χ0v) is 19.9. The van der Waals surface area contributed by atoms with E-state index in [1.807, 2.05) is 0 Å². The second-order valence-electron chi connectivity index (χ2n) is 9.56. The minimum absolute atomic E-state index is 0.00728. The van der Waals surface area contributed by atoms with E-state index in [0.717, 1.165) is 0 Å². The van der Waals surface area contributed by atoms with E-state index in [-0.39, 0.29) is 39.1 Å². The lowest BCUT2D eigenvalue weighted by molar-refractivity contribution is 0.370. The fourth-order valence-corrected chi connectivity index (χ4v) is 6.05. The number of benzene rings is 4. The molecular formula is C26H15B3O10. The van der Waals surface area contributed by atoms with Crippen molar-refractivity contribution < 1.29 is 51.1 Å². The molecule has 188 valence electrons. The van der Waals surface area contributed by atoms with E-state index in [2.05, 4.69) is 0 Å². The van der Waals surface area contributed by atoms with Crippen molar-refractivity contribution in [1.82, 2.24) is 0 Å². The third kappa shape index (κ3) is 2.41. The molecule has 0 saturated heterocycles. The van der Waals surface area contributed by atoms with Crippen LogP contribution in [0.3, 0.4) is 0 Å². The van der Waals surface area contributed by atoms with E-state index < -0.39 is 90.2 Å². The largest absolute Gasteiger partial charge is 0.508 e. The van der Waals surface area contributed by atoms with Gasteiger partial charge in [0.25, 0.3) is 0 Å². The maximum absolute atomic E-state index is 11.4. The molecule has 10 N–H and O–H groups in total. The Bertz CT molecular complexity index is 1800. The van der Waals surface area contributed by atoms with Crippen molar-refractivity contribution in [2.45, 2.75) is 12.3 Å². The highest BCUT2D eigenvalue weighted by molar-refractivity contribution is 6.40. The van der Waals surface area contributed by atoms with Gasteiger partial charge in [0.1, 0.15) is 40.8 Å². The molecule has 0 aliphatic heterocycles. The molecule has 0 amide bonds. The van der Waals surface area contributed by atoms with E-state index >= 15 is 0 Å². The number of hydrogen-bond donors (Lipinski definition) is 10. The van der Waals surface area contributed by atoms with Crippen LogP contribution in [-0.2, 0) is 5.41 Å². The normalized spacial score (nSPS) is 16.2. The molecule has 4 aromatic carbocycles. The first-order chi connectivity index (χ1) is 18.2. The minimum atomic E-state index is -2.20. The standard InChI is InChI=1S/C26H15B3O10/c1-4-2-6-5(3-7(4)30)8-11(14(27)22(36)25(39)18(8)32)26(6)12-10(19(33)23(37)16(29)20(12)34)9-13(26)21(35)24(38)15(28)17(9)31/h2-3,30-39H,1H3. The molecule has 4 aromatic rings. The predicted molar refractivity (Wildman–Crippen MR) is 140 cm³/mol. The minimum Gasteiger partial charge on any atom is -0.508 e. The lowest BCUT2D eigenvalue weighted by atomic mass is 9.65. The highest BCUT2D eigenvalue weighted by atomic mass is 16.3. The maximum atomic E-state index is 11.4. The van der Waals surface area contributed by atoms with Gasteiger partial charge in [-0.15, -0.1) is 0 Å². The van der Waals surface area contributed by atoms with Gasteiger partial charge >= 0.3 is 0 Å². The molecule has 13 heteroatoms. The van der Waals surface area contributed by atoms with Crippen LogP contribution in [0, 0.1) is 6.92 Å². The second kappa shape index (κ2) is 7.13. The van der Waals surface area contributed by atoms with Crippen LogP contribution in [0.25, 0.3) is 22.3 Å². The van der Waals surface area contributed by atoms with Crippen LogP contribution in [0.4, 0.5) is 0 Å². The van der Waals surface area contributed by atoms with E-state index in [1.54, 1.807) is 0 Å². The van der Waals surface area contributed by atoms with Crippen LogP contribution >= 0.6 is 0 Å². The first kappa shape index (κ1) is 24.4. The molecule has 2 aliphatic rings. The number of fused-ring (bicyclic) bond motifs is 10. The molecule has 1 atom stereocenters. The van der Waals surface area contributed by atoms with Gasteiger partial charge in [0.2, 0.25) is 0 Å². The molecule has 6 radical (unpaired) electrons. The summed E-state index contributed by atoms with van der Waals surface area (Å²) < 4.78 is 0. The van der Waals surface area contributed by atoms with Crippen molar-refractivity contribution >= 4 is 39.9 Å². The maximum Gasteiger partial charge on any atom is 0.200 e. The quantitative estimate of drug-likeness (QED) is 0.0725. The molecule has 2 aliphatic carbocycles. The summed E-state index contributed by atoms with van der Waals surface area (Å²) in [7, 11) is 18.0. The van der Waals surface area contributed by atoms with Gasteiger partial charge in [0.05, 0.1) is 5.41 Å². The van der Waals surface area contributed by atoms with Gasteiger partial charge < -0.3 is 51.1 Å². The van der Waals surface area contributed by atoms with Gasteiger partial charge in [-0.05, 0) is 51.6 Å². The Balaban J connectivity index is 2.05. The summed E-state index contributed by atoms with van der Waals surface area (Å²) in [6.45, 7) is 1.50. The van der Waals surface area contributed by atoms with Gasteiger partial charge in [-0.2, -0.15) is 0 Å². The van der Waals surface area contributed by atoms with Gasteiger partial charge in [0, 0.05) is 27.8 Å². The summed E-state index contributed by atoms with van der Waals surface area (Å²) in [6.07, 6.45) is 0. The molecule has 1 spiro atoms. The van der Waals surface area contributed by atoms with Crippen molar-refractivity contribution in [3.8, 4) is 79.7 Å². The highest BCUT2D eigenvalue weighted by Gasteiger charge is 2.59. The SMILES string of the molecule is [B]c1c(O)c(O)c2c(c1O)-c1c(O)c(O)c([B])c(O)c1C21c2cc(C)c(O)cc2-c2c(O)c(O)c(O)c([B])c21. The van der Waals surface area contributed by atoms with Crippen molar-refractivity contribution in [3.05, 3.63) is 39.9 Å². The zero-order chi connectivity index (χ0) is 28.6. The second-order valence-corrected chi connectivity index (χ2v) is 9.56. The molecule has 39 heavy (non-hydrogen) atoms. The fourth-order valence-electron chi connectivity index (χ4n) is 6.05. The molecule has 10 nitrogen and oxygen atoms in total. The number of aryl methyl sites for hydroxylation is 1. The average molecular weight is 520 g/mol. The molecule has 0 heterocycles. The first-order valence-corrected chi connectivity index (χ1v) is 11.3. The smallest absolute Gasteiger partial charge is 0.200 e. The Labute approximate surface area is 223 Å². The van der Waals surface area contributed by atoms with Gasteiger partial charge in [-0.3, -0.25) is 0 Å². The van der Waals surface area contributed by atoms with Gasteiger partial charge in [-0.25, -0.2) is 0 Å². The van der Waals surface area contributed by atoms with Crippen LogP contribution < -0.4 is 16.4 Å². The zero-order valence-electron chi connectivity index (χ0n) is 19.9. The molecule has 1 unspecified atom stereocenters. The van der Waals surface area contributed by atoms with Gasteiger partial charge in [0.15, 0.2) is 40.2 Å². The summed E-state index contributed by atoms with van der Waals surface area (Å²) in [5, 5.41) is 109. The Hall–Kier alpha value is -4.93. The summed E-state index contributed by atoms with van der Waals surface area (Å²) >= 11 is 0. The van der Waals surface area contributed by atoms with Crippen LogP contribution in [-0.4, -0.2) is 74.6 Å². The Morgan fingerprint density at radius 2 is 0.974 bits per heavy atom. The van der Waals surface area contributed by atoms with Crippen molar-refractivity contribution in [2.24, 2.45) is 0 Å².